The average Bonchev–Trinajstić information content (AvgIpc) is 3.03. The summed E-state index contributed by atoms with van der Waals surface area (Å²) in [6.07, 6.45) is 3.38. The molecule has 4 aromatic rings. The van der Waals surface area contributed by atoms with Crippen LogP contribution in [0, 0.1) is 19.8 Å². The number of anilines is 4. The van der Waals surface area contributed by atoms with Crippen LogP contribution < -0.4 is 28.9 Å². The van der Waals surface area contributed by atoms with Crippen LogP contribution in [0.1, 0.15) is 48.3 Å². The molecule has 2 amide bonds. The summed E-state index contributed by atoms with van der Waals surface area (Å²) in [4.78, 5) is 29.9. The third kappa shape index (κ3) is 6.53. The van der Waals surface area contributed by atoms with Crippen molar-refractivity contribution in [3.63, 3.8) is 0 Å². The smallest absolute Gasteiger partial charge is 0.335 e. The first-order valence-corrected chi connectivity index (χ1v) is 15.3. The Labute approximate surface area is 266 Å². The zero-order chi connectivity index (χ0) is 32.2. The number of hydrogen-bond donors (Lipinski definition) is 0. The molecule has 0 radical (unpaired) electrons. The molecule has 1 aliphatic rings. The average molecular weight is 610 g/mol. The molecule has 0 saturated heterocycles. The van der Waals surface area contributed by atoms with E-state index >= 15 is 0 Å². The second kappa shape index (κ2) is 13.5. The van der Waals surface area contributed by atoms with Gasteiger partial charge in [0.05, 0.1) is 39.2 Å². The normalized spacial score (nSPS) is 12.8. The Morgan fingerprint density at radius 1 is 0.933 bits per heavy atom. The van der Waals surface area contributed by atoms with E-state index in [1.54, 1.807) is 37.2 Å². The van der Waals surface area contributed by atoms with Crippen molar-refractivity contribution < 1.29 is 19.0 Å². The molecule has 0 spiro atoms. The number of nitrogens with zero attached hydrogens (tertiary/aromatic N) is 5. The molecule has 9 heteroatoms. The van der Waals surface area contributed by atoms with Gasteiger partial charge < -0.3 is 19.1 Å². The second-order valence-electron chi connectivity index (χ2n) is 11.9. The summed E-state index contributed by atoms with van der Waals surface area (Å²) >= 11 is 0. The molecule has 0 saturated carbocycles. The summed E-state index contributed by atoms with van der Waals surface area (Å²) in [6, 6.07) is 17.5. The molecule has 236 valence electrons. The summed E-state index contributed by atoms with van der Waals surface area (Å²) in [5.41, 5.74) is 6.35. The van der Waals surface area contributed by atoms with Crippen LogP contribution in [-0.2, 0) is 13.0 Å². The fourth-order valence-corrected chi connectivity index (χ4v) is 5.73. The first-order chi connectivity index (χ1) is 21.6. The van der Waals surface area contributed by atoms with Crippen molar-refractivity contribution in [2.75, 3.05) is 49.6 Å². The molecule has 0 aliphatic carbocycles. The predicted octanol–water partition coefficient (Wildman–Crippen LogP) is 7.47. The number of urea groups is 1. The summed E-state index contributed by atoms with van der Waals surface area (Å²) in [6.45, 7) is 9.81. The molecular weight excluding hydrogens is 566 g/mol. The van der Waals surface area contributed by atoms with Gasteiger partial charge in [-0.25, -0.2) is 19.7 Å². The fraction of sp³-hybridized carbons (Fsp3) is 0.361. The van der Waals surface area contributed by atoms with Gasteiger partial charge in [0, 0.05) is 55.2 Å². The van der Waals surface area contributed by atoms with Gasteiger partial charge in [-0.1, -0.05) is 38.1 Å². The van der Waals surface area contributed by atoms with Crippen LogP contribution in [0.4, 0.5) is 27.7 Å². The molecule has 3 aromatic carbocycles. The van der Waals surface area contributed by atoms with Gasteiger partial charge in [-0.2, -0.15) is 0 Å². The Kier molecular flexibility index (Phi) is 9.46. The van der Waals surface area contributed by atoms with Gasteiger partial charge in [0.2, 0.25) is 0 Å². The lowest BCUT2D eigenvalue weighted by atomic mass is 10.1. The number of ether oxygens (including phenoxy) is 3. The zero-order valence-electron chi connectivity index (χ0n) is 27.5. The van der Waals surface area contributed by atoms with Gasteiger partial charge in [-0.15, -0.1) is 0 Å². The highest BCUT2D eigenvalue weighted by atomic mass is 16.5. The maximum Gasteiger partial charge on any atom is 0.335 e. The number of rotatable bonds is 11. The van der Waals surface area contributed by atoms with E-state index < -0.39 is 0 Å². The number of methoxy groups -OCH3 is 3. The zero-order valence-corrected chi connectivity index (χ0v) is 27.5. The van der Waals surface area contributed by atoms with Crippen LogP contribution in [0.3, 0.4) is 0 Å². The Bertz CT molecular complexity index is 1670. The minimum absolute atomic E-state index is 0.223. The summed E-state index contributed by atoms with van der Waals surface area (Å²) < 4.78 is 17.0. The number of aryl methyl sites for hydroxylation is 2. The molecular formula is C36H43N5O4. The SMILES string of the molecule is COc1ccc(N2C(=O)N(c3c(C)cccc3C)Cc3cnc(Cc4ccc(N(C)CCC(C)C)cc4OC)nc32)c(OC)c1. The Morgan fingerprint density at radius 3 is 2.33 bits per heavy atom. The lowest BCUT2D eigenvalue weighted by molar-refractivity contribution is 0.252. The molecule has 0 unspecified atom stereocenters. The predicted molar refractivity (Wildman–Crippen MR) is 180 cm³/mol. The van der Waals surface area contributed by atoms with Crippen LogP contribution in [0.15, 0.2) is 60.8 Å². The van der Waals surface area contributed by atoms with Crippen LogP contribution in [-0.4, -0.2) is 50.9 Å². The van der Waals surface area contributed by atoms with Crippen LogP contribution in [0.2, 0.25) is 0 Å². The first kappa shape index (κ1) is 31.6. The van der Waals surface area contributed by atoms with Crippen molar-refractivity contribution in [3.8, 4) is 17.2 Å². The maximum atomic E-state index is 14.5. The van der Waals surface area contributed by atoms with Crippen molar-refractivity contribution in [2.45, 2.75) is 47.1 Å². The highest BCUT2D eigenvalue weighted by Crippen LogP contribution is 2.42. The lowest BCUT2D eigenvalue weighted by Gasteiger charge is -2.37. The largest absolute Gasteiger partial charge is 0.497 e. The Balaban J connectivity index is 1.56. The van der Waals surface area contributed by atoms with Gasteiger partial charge in [0.1, 0.15) is 28.9 Å². The molecule has 45 heavy (non-hydrogen) atoms. The molecule has 5 rings (SSSR count). The standard InChI is InChI=1S/C36H43N5O4/c1-23(2)16-17-39(5)28-13-12-26(31(19-28)44-7)18-33-37-21-27-22-40(34-24(3)10-9-11-25(34)4)36(42)41(35(27)38-33)30-15-14-29(43-6)20-32(30)45-8/h9-15,19-21,23H,16-18,22H2,1-8H3. The summed E-state index contributed by atoms with van der Waals surface area (Å²) in [7, 11) is 6.97. The molecule has 0 N–H and O–H groups in total. The number of aromatic nitrogens is 2. The second-order valence-corrected chi connectivity index (χ2v) is 11.9. The number of para-hydroxylation sites is 1. The molecule has 2 heterocycles. The fourth-order valence-electron chi connectivity index (χ4n) is 5.73. The highest BCUT2D eigenvalue weighted by molar-refractivity contribution is 6.11. The van der Waals surface area contributed by atoms with Crippen LogP contribution in [0.25, 0.3) is 0 Å². The molecule has 0 atom stereocenters. The number of amides is 2. The monoisotopic (exact) mass is 609 g/mol. The van der Waals surface area contributed by atoms with E-state index in [4.69, 9.17) is 24.2 Å². The minimum Gasteiger partial charge on any atom is -0.497 e. The van der Waals surface area contributed by atoms with E-state index in [0.29, 0.717) is 47.7 Å². The van der Waals surface area contributed by atoms with E-state index in [0.717, 1.165) is 52.3 Å². The van der Waals surface area contributed by atoms with Gasteiger partial charge in [0.25, 0.3) is 0 Å². The van der Waals surface area contributed by atoms with Crippen molar-refractivity contribution in [1.29, 1.82) is 0 Å². The van der Waals surface area contributed by atoms with Gasteiger partial charge >= 0.3 is 6.03 Å². The lowest BCUT2D eigenvalue weighted by Crippen LogP contribution is -2.46. The topological polar surface area (TPSA) is 80.3 Å². The van der Waals surface area contributed by atoms with Gasteiger partial charge in [-0.05, 0) is 55.5 Å². The summed E-state index contributed by atoms with van der Waals surface area (Å²) in [5, 5.41) is 0. The first-order valence-electron chi connectivity index (χ1n) is 15.3. The van der Waals surface area contributed by atoms with E-state index in [9.17, 15) is 4.79 Å². The van der Waals surface area contributed by atoms with E-state index in [1.165, 1.54) is 0 Å². The van der Waals surface area contributed by atoms with E-state index in [-0.39, 0.29) is 6.03 Å². The van der Waals surface area contributed by atoms with Crippen molar-refractivity contribution in [1.82, 2.24) is 9.97 Å². The van der Waals surface area contributed by atoms with Gasteiger partial charge in [-0.3, -0.25) is 4.90 Å². The van der Waals surface area contributed by atoms with Crippen LogP contribution in [0.5, 0.6) is 17.2 Å². The highest BCUT2D eigenvalue weighted by Gasteiger charge is 2.37. The molecule has 0 fully saturated rings. The molecule has 9 nitrogen and oxygen atoms in total. The minimum atomic E-state index is -0.223. The number of fused-ring (bicyclic) bond motifs is 1. The Hall–Kier alpha value is -4.79. The summed E-state index contributed by atoms with van der Waals surface area (Å²) in [5.74, 6) is 3.64. The van der Waals surface area contributed by atoms with Crippen LogP contribution >= 0.6 is 0 Å². The molecule has 0 bridgehead atoms. The van der Waals surface area contributed by atoms with Crippen molar-refractivity contribution in [2.24, 2.45) is 5.92 Å². The Morgan fingerprint density at radius 2 is 1.67 bits per heavy atom. The van der Waals surface area contributed by atoms with Gasteiger partial charge in [0.15, 0.2) is 0 Å². The number of hydrogen-bond acceptors (Lipinski definition) is 7. The molecule has 1 aromatic heterocycles. The third-order valence-electron chi connectivity index (χ3n) is 8.29. The number of benzene rings is 3. The van der Waals surface area contributed by atoms with Crippen molar-refractivity contribution >= 4 is 28.9 Å². The van der Waals surface area contributed by atoms with Crippen molar-refractivity contribution in [3.05, 3.63) is 88.9 Å². The van der Waals surface area contributed by atoms with E-state index in [1.807, 2.05) is 50.4 Å². The quantitative estimate of drug-likeness (QED) is 0.175. The maximum absolute atomic E-state index is 14.5. The third-order valence-corrected chi connectivity index (χ3v) is 8.29. The van der Waals surface area contributed by atoms with E-state index in [2.05, 4.69) is 44.0 Å². The number of carbonyl (C=O) groups excluding carboxylic acids is 1. The molecule has 1 aliphatic heterocycles. The number of carbonyl (C=O) groups is 1.